The minimum absolute atomic E-state index is 0.0136. The van der Waals surface area contributed by atoms with Crippen LogP contribution in [0.1, 0.15) is 53.0 Å². The molecule has 6 rings (SSSR count). The number of piperidine rings is 1. The van der Waals surface area contributed by atoms with E-state index >= 15 is 0 Å². The minimum atomic E-state index is -2.74. The highest BCUT2D eigenvalue weighted by Crippen LogP contribution is 2.32. The zero-order chi connectivity index (χ0) is 24.9. The number of carbonyl (C=O) groups excluding carboxylic acids is 2. The Morgan fingerprint density at radius 1 is 0.917 bits per heavy atom. The fourth-order valence-corrected chi connectivity index (χ4v) is 5.53. The maximum Gasteiger partial charge on any atom is 0.270 e. The van der Waals surface area contributed by atoms with E-state index in [9.17, 15) is 18.4 Å². The molecule has 2 saturated heterocycles. The van der Waals surface area contributed by atoms with Gasteiger partial charge in [0.25, 0.3) is 17.7 Å². The fourth-order valence-electron chi connectivity index (χ4n) is 5.53. The Bertz CT molecular complexity index is 1200. The molecule has 0 unspecified atom stereocenters. The third-order valence-corrected chi connectivity index (χ3v) is 7.93. The summed E-state index contributed by atoms with van der Waals surface area (Å²) in [4.78, 5) is 42.8. The molecule has 4 heterocycles. The number of carbonyl (C=O) groups is 2. The molecular weight excluding hydrogens is 470 g/mol. The lowest BCUT2D eigenvalue weighted by molar-refractivity contribution is -0.213. The van der Waals surface area contributed by atoms with Crippen molar-refractivity contribution in [2.24, 2.45) is 0 Å². The van der Waals surface area contributed by atoms with Crippen molar-refractivity contribution in [1.29, 1.82) is 0 Å². The van der Waals surface area contributed by atoms with Gasteiger partial charge in [-0.05, 0) is 37.1 Å². The molecule has 4 aliphatic rings. The molecule has 1 aliphatic carbocycles. The molecule has 1 aromatic carbocycles. The van der Waals surface area contributed by atoms with Crippen LogP contribution < -0.4 is 0 Å². The van der Waals surface area contributed by atoms with Crippen LogP contribution >= 0.6 is 0 Å². The molecular formula is C26H30F2N4O4. The summed E-state index contributed by atoms with van der Waals surface area (Å²) in [6, 6.07) is 7.75. The van der Waals surface area contributed by atoms with Crippen LogP contribution in [0.3, 0.4) is 0 Å². The number of fused-ring (bicyclic) bond motifs is 1. The Kier molecular flexibility index (Phi) is 5.95. The second-order valence-corrected chi connectivity index (χ2v) is 10.1. The molecule has 3 fully saturated rings. The normalized spacial score (nSPS) is 22.9. The summed E-state index contributed by atoms with van der Waals surface area (Å²) in [6.45, 7) is 3.41. The summed E-state index contributed by atoms with van der Waals surface area (Å²) >= 11 is 0. The zero-order valence-electron chi connectivity index (χ0n) is 20.1. The first kappa shape index (κ1) is 23.4. The first-order chi connectivity index (χ1) is 17.4. The molecule has 0 bridgehead atoms. The zero-order valence-corrected chi connectivity index (χ0v) is 20.1. The summed E-state index contributed by atoms with van der Waals surface area (Å²) in [5, 5.41) is 0.705. The molecule has 2 amide bonds. The largest absolute Gasteiger partial charge is 0.337 e. The van der Waals surface area contributed by atoms with Crippen molar-refractivity contribution < 1.29 is 28.1 Å². The van der Waals surface area contributed by atoms with E-state index in [-0.39, 0.29) is 44.4 Å². The summed E-state index contributed by atoms with van der Waals surface area (Å²) in [6.07, 6.45) is 4.82. The van der Waals surface area contributed by atoms with E-state index in [1.807, 2.05) is 4.90 Å². The van der Waals surface area contributed by atoms with Crippen LogP contribution in [0.4, 0.5) is 8.78 Å². The van der Waals surface area contributed by atoms with Gasteiger partial charge in [0.2, 0.25) is 5.88 Å². The van der Waals surface area contributed by atoms with E-state index in [4.69, 9.17) is 9.78 Å². The molecule has 1 aromatic heterocycles. The lowest BCUT2D eigenvalue weighted by atomic mass is 9.91. The van der Waals surface area contributed by atoms with Gasteiger partial charge in [0.15, 0.2) is 0 Å². The van der Waals surface area contributed by atoms with Crippen LogP contribution in [0.15, 0.2) is 30.3 Å². The molecule has 8 nitrogen and oxygen atoms in total. The van der Waals surface area contributed by atoms with Gasteiger partial charge in [-0.2, -0.15) is 4.89 Å². The van der Waals surface area contributed by atoms with Gasteiger partial charge in [0.05, 0.1) is 5.52 Å². The van der Waals surface area contributed by atoms with Crippen molar-refractivity contribution >= 4 is 28.6 Å². The van der Waals surface area contributed by atoms with Crippen LogP contribution in [0, 0.1) is 0 Å². The Labute approximate surface area is 207 Å². The standard InChI is InChI=1S/C26H30F2N4O4/c27-26(28)7-9-30(10-8-26)25(34)22-17-19-16-18(4-5-21(19)32(22)23-6-15-35-36-23)24(33)31-13-11-29(12-14-31)20-2-1-3-20/h4-6,16-17,20H,1-3,7-15H2. The van der Waals surface area contributed by atoms with Crippen molar-refractivity contribution in [1.82, 2.24) is 19.3 Å². The number of piperazine rings is 1. The number of benzene rings is 1. The number of alkyl halides is 2. The van der Waals surface area contributed by atoms with Gasteiger partial charge in [-0.3, -0.25) is 19.1 Å². The molecule has 10 heteroatoms. The number of aromatic nitrogens is 1. The number of rotatable bonds is 4. The summed E-state index contributed by atoms with van der Waals surface area (Å²) in [7, 11) is 0. The Balaban J connectivity index is 1.26. The first-order valence-corrected chi connectivity index (χ1v) is 12.8. The smallest absolute Gasteiger partial charge is 0.270 e. The number of nitrogens with zero attached hydrogens (tertiary/aromatic N) is 4. The van der Waals surface area contributed by atoms with Crippen molar-refractivity contribution in [2.45, 2.75) is 44.1 Å². The quantitative estimate of drug-likeness (QED) is 0.601. The maximum atomic E-state index is 13.7. The number of halogens is 2. The Morgan fingerprint density at radius 3 is 2.28 bits per heavy atom. The number of amides is 2. The average molecular weight is 501 g/mol. The van der Waals surface area contributed by atoms with E-state index in [2.05, 4.69) is 4.90 Å². The topological polar surface area (TPSA) is 67.2 Å². The number of hydrogen-bond donors (Lipinski definition) is 0. The third kappa shape index (κ3) is 4.26. The molecule has 1 saturated carbocycles. The van der Waals surface area contributed by atoms with E-state index in [0.717, 1.165) is 13.1 Å². The van der Waals surface area contributed by atoms with Crippen molar-refractivity contribution in [3.8, 4) is 0 Å². The molecule has 2 aromatic rings. The van der Waals surface area contributed by atoms with E-state index in [1.165, 1.54) is 24.2 Å². The van der Waals surface area contributed by atoms with Gasteiger partial charge in [0.1, 0.15) is 12.3 Å². The Hall–Kier alpha value is -2.98. The lowest BCUT2D eigenvalue weighted by Gasteiger charge is -2.42. The predicted molar refractivity (Wildman–Crippen MR) is 128 cm³/mol. The van der Waals surface area contributed by atoms with Gasteiger partial charge in [0, 0.05) is 75.2 Å². The molecule has 192 valence electrons. The predicted octanol–water partition coefficient (Wildman–Crippen LogP) is 3.58. The van der Waals surface area contributed by atoms with Crippen molar-refractivity contribution in [3.63, 3.8) is 0 Å². The van der Waals surface area contributed by atoms with E-state index in [1.54, 1.807) is 34.9 Å². The first-order valence-electron chi connectivity index (χ1n) is 12.8. The monoisotopic (exact) mass is 500 g/mol. The average Bonchev–Trinajstić information content (AvgIpc) is 3.50. The number of likely N-dealkylation sites (tertiary alicyclic amines) is 1. The van der Waals surface area contributed by atoms with Crippen molar-refractivity contribution in [2.75, 3.05) is 45.9 Å². The van der Waals surface area contributed by atoms with Crippen LogP contribution in [0.5, 0.6) is 0 Å². The van der Waals surface area contributed by atoms with Gasteiger partial charge < -0.3 is 14.7 Å². The molecule has 0 N–H and O–H groups in total. The summed E-state index contributed by atoms with van der Waals surface area (Å²) in [5.41, 5.74) is 1.54. The van der Waals surface area contributed by atoms with E-state index in [0.29, 0.717) is 47.2 Å². The number of hydrogen-bond acceptors (Lipinski definition) is 5. The molecule has 0 atom stereocenters. The highest BCUT2D eigenvalue weighted by molar-refractivity contribution is 6.03. The molecule has 3 aliphatic heterocycles. The fraction of sp³-hybridized carbons (Fsp3) is 0.538. The third-order valence-electron chi connectivity index (χ3n) is 7.93. The van der Waals surface area contributed by atoms with Crippen LogP contribution in [-0.4, -0.2) is 88.9 Å². The summed E-state index contributed by atoms with van der Waals surface area (Å²) < 4.78 is 29.0. The SMILES string of the molecule is O=C(c1ccc2c(c1)cc(C(=O)N1CCC(F)(F)CC1)n2C1=CCOO1)N1CCN(C2CCC2)CC1. The van der Waals surface area contributed by atoms with Gasteiger partial charge in [-0.1, -0.05) is 6.42 Å². The van der Waals surface area contributed by atoms with E-state index < -0.39 is 5.92 Å². The van der Waals surface area contributed by atoms with Gasteiger partial charge >= 0.3 is 0 Å². The van der Waals surface area contributed by atoms with Gasteiger partial charge in [-0.15, -0.1) is 0 Å². The second-order valence-electron chi connectivity index (χ2n) is 10.1. The lowest BCUT2D eigenvalue weighted by Crippen LogP contribution is -2.53. The minimum Gasteiger partial charge on any atom is -0.337 e. The van der Waals surface area contributed by atoms with Crippen molar-refractivity contribution in [3.05, 3.63) is 41.6 Å². The highest BCUT2D eigenvalue weighted by Gasteiger charge is 2.37. The molecule has 0 radical (unpaired) electrons. The van der Waals surface area contributed by atoms with Crippen LogP contribution in [-0.2, 0) is 9.78 Å². The summed E-state index contributed by atoms with van der Waals surface area (Å²) in [5.74, 6) is -2.77. The van der Waals surface area contributed by atoms with Crippen LogP contribution in [0.2, 0.25) is 0 Å². The van der Waals surface area contributed by atoms with Gasteiger partial charge in [-0.25, -0.2) is 8.78 Å². The Morgan fingerprint density at radius 2 is 1.64 bits per heavy atom. The maximum absolute atomic E-state index is 13.7. The highest BCUT2D eigenvalue weighted by atomic mass is 19.3. The molecule has 0 spiro atoms. The molecule has 36 heavy (non-hydrogen) atoms. The van der Waals surface area contributed by atoms with Crippen LogP contribution in [0.25, 0.3) is 16.8 Å². The second kappa shape index (κ2) is 9.15.